The van der Waals surface area contributed by atoms with Crippen molar-refractivity contribution in [3.63, 3.8) is 0 Å². The number of aromatic hydroxyl groups is 1. The van der Waals surface area contributed by atoms with E-state index < -0.39 is 0 Å². The van der Waals surface area contributed by atoms with Gasteiger partial charge < -0.3 is 19.6 Å². The number of rotatable bonds is 2. The van der Waals surface area contributed by atoms with Gasteiger partial charge in [-0.3, -0.25) is 0 Å². The third kappa shape index (κ3) is 3.15. The number of piperidine rings is 1. The van der Waals surface area contributed by atoms with E-state index in [-0.39, 0.29) is 11.9 Å². The number of anilines is 1. The molecule has 0 saturated carbocycles. The van der Waals surface area contributed by atoms with Crippen LogP contribution in [0.3, 0.4) is 0 Å². The molecule has 1 N–H and O–H groups in total. The Bertz CT molecular complexity index is 770. The molecule has 6 nitrogen and oxygen atoms in total. The van der Waals surface area contributed by atoms with Gasteiger partial charge in [-0.15, -0.1) is 10.2 Å². The molecule has 138 valence electrons. The Morgan fingerprint density at radius 2 is 2.00 bits per heavy atom. The molecular weight excluding hydrogens is 328 g/mol. The molecule has 0 aliphatic carbocycles. The predicted octanol–water partition coefficient (Wildman–Crippen LogP) is 2.38. The molecule has 0 unspecified atom stereocenters. The van der Waals surface area contributed by atoms with E-state index in [1.165, 1.54) is 0 Å². The average molecular weight is 354 g/mol. The number of likely N-dealkylation sites (tertiary alicyclic amines) is 1. The molecule has 2 aromatic rings. The molecule has 2 aliphatic heterocycles. The Balaban J connectivity index is 1.62. The summed E-state index contributed by atoms with van der Waals surface area (Å²) in [6.45, 7) is 7.57. The second-order valence-electron chi connectivity index (χ2n) is 7.47. The molecule has 2 saturated heterocycles. The van der Waals surface area contributed by atoms with Crippen molar-refractivity contribution < 1.29 is 9.84 Å². The summed E-state index contributed by atoms with van der Waals surface area (Å²) in [7, 11) is 2.15. The monoisotopic (exact) mass is 354 g/mol. The van der Waals surface area contributed by atoms with Crippen LogP contribution in [0.25, 0.3) is 11.3 Å². The van der Waals surface area contributed by atoms with Gasteiger partial charge in [0.15, 0.2) is 5.82 Å². The van der Waals surface area contributed by atoms with Gasteiger partial charge in [0.2, 0.25) is 0 Å². The molecule has 3 heterocycles. The molecule has 2 fully saturated rings. The van der Waals surface area contributed by atoms with Gasteiger partial charge in [0.25, 0.3) is 0 Å². The molecule has 2 aliphatic rings. The highest BCUT2D eigenvalue weighted by Gasteiger charge is 2.36. The van der Waals surface area contributed by atoms with E-state index in [1.54, 1.807) is 6.07 Å². The van der Waals surface area contributed by atoms with Crippen LogP contribution in [0.4, 0.5) is 5.82 Å². The summed E-state index contributed by atoms with van der Waals surface area (Å²) < 4.78 is 5.97. The summed E-state index contributed by atoms with van der Waals surface area (Å²) in [4.78, 5) is 4.67. The first kappa shape index (κ1) is 17.2. The summed E-state index contributed by atoms with van der Waals surface area (Å²) in [6.07, 6.45) is 1.32. The normalized spacial score (nSPS) is 23.7. The van der Waals surface area contributed by atoms with E-state index in [9.17, 15) is 5.11 Å². The number of fused-ring (bicyclic) bond motifs is 1. The summed E-state index contributed by atoms with van der Waals surface area (Å²) in [5, 5.41) is 19.2. The molecule has 0 bridgehead atoms. The maximum atomic E-state index is 10.3. The van der Waals surface area contributed by atoms with Crippen molar-refractivity contribution in [3.8, 4) is 17.0 Å². The number of phenolic OH excluding ortho intramolecular Hbond substituents is 1. The maximum absolute atomic E-state index is 10.3. The minimum Gasteiger partial charge on any atom is -0.507 e. The number of likely N-dealkylation sites (N-methyl/N-ethyl adjacent to an activating group) is 1. The van der Waals surface area contributed by atoms with Crippen molar-refractivity contribution in [1.29, 1.82) is 0 Å². The third-order valence-corrected chi connectivity index (χ3v) is 5.45. The number of nitrogens with zero attached hydrogens (tertiary/aromatic N) is 4. The number of benzene rings is 1. The molecular formula is C20H26N4O2. The zero-order valence-electron chi connectivity index (χ0n) is 15.6. The van der Waals surface area contributed by atoms with Crippen LogP contribution < -0.4 is 4.90 Å². The second-order valence-corrected chi connectivity index (χ2v) is 7.47. The van der Waals surface area contributed by atoms with Gasteiger partial charge >= 0.3 is 0 Å². The molecule has 1 aromatic heterocycles. The Labute approximate surface area is 154 Å². The van der Waals surface area contributed by atoms with Crippen molar-refractivity contribution in [2.75, 3.05) is 38.2 Å². The third-order valence-electron chi connectivity index (χ3n) is 5.45. The zero-order chi connectivity index (χ0) is 18.3. The van der Waals surface area contributed by atoms with Gasteiger partial charge in [-0.2, -0.15) is 0 Å². The fourth-order valence-corrected chi connectivity index (χ4v) is 4.20. The van der Waals surface area contributed by atoms with Crippen molar-refractivity contribution in [3.05, 3.63) is 35.4 Å². The summed E-state index contributed by atoms with van der Waals surface area (Å²) in [6, 6.07) is 8.10. The van der Waals surface area contributed by atoms with Crippen LogP contribution in [0.15, 0.2) is 24.3 Å². The Morgan fingerprint density at radius 3 is 2.73 bits per heavy atom. The first-order valence-electron chi connectivity index (χ1n) is 9.24. The van der Waals surface area contributed by atoms with Crippen molar-refractivity contribution in [2.24, 2.45) is 0 Å². The number of hydrogen-bond donors (Lipinski definition) is 1. The lowest BCUT2D eigenvalue weighted by molar-refractivity contribution is -0.0246. The van der Waals surface area contributed by atoms with Crippen LogP contribution in [0.1, 0.15) is 17.5 Å². The molecule has 4 rings (SSSR count). The highest BCUT2D eigenvalue weighted by molar-refractivity contribution is 5.71. The van der Waals surface area contributed by atoms with Crippen LogP contribution in [0.2, 0.25) is 0 Å². The molecule has 26 heavy (non-hydrogen) atoms. The van der Waals surface area contributed by atoms with Crippen LogP contribution >= 0.6 is 0 Å². The fourth-order valence-electron chi connectivity index (χ4n) is 4.20. The Kier molecular flexibility index (Phi) is 4.54. The summed E-state index contributed by atoms with van der Waals surface area (Å²) >= 11 is 0. The number of ether oxygens (including phenoxy) is 1. The number of phenols is 1. The number of aryl methyl sites for hydroxylation is 2. The van der Waals surface area contributed by atoms with Crippen LogP contribution in [0.5, 0.6) is 5.75 Å². The minimum absolute atomic E-state index is 0.255. The van der Waals surface area contributed by atoms with Gasteiger partial charge in [-0.1, -0.05) is 6.07 Å². The van der Waals surface area contributed by atoms with E-state index in [2.05, 4.69) is 33.1 Å². The Hall–Kier alpha value is -2.18. The smallest absolute Gasteiger partial charge is 0.151 e. The summed E-state index contributed by atoms with van der Waals surface area (Å²) in [5.74, 6) is 1.14. The molecule has 0 amide bonds. The lowest BCUT2D eigenvalue weighted by Gasteiger charge is -2.46. The first-order chi connectivity index (χ1) is 12.5. The number of hydrogen-bond acceptors (Lipinski definition) is 6. The van der Waals surface area contributed by atoms with Crippen molar-refractivity contribution in [2.45, 2.75) is 32.4 Å². The highest BCUT2D eigenvalue weighted by atomic mass is 16.5. The van der Waals surface area contributed by atoms with Gasteiger partial charge in [0.05, 0.1) is 24.4 Å². The quantitative estimate of drug-likeness (QED) is 0.893. The lowest BCUT2D eigenvalue weighted by Crippen LogP contribution is -2.59. The van der Waals surface area contributed by atoms with E-state index >= 15 is 0 Å². The number of aromatic nitrogens is 2. The molecule has 0 radical (unpaired) electrons. The van der Waals surface area contributed by atoms with Crippen molar-refractivity contribution >= 4 is 5.82 Å². The van der Waals surface area contributed by atoms with Crippen LogP contribution in [-0.2, 0) is 4.74 Å². The maximum Gasteiger partial charge on any atom is 0.151 e. The fraction of sp³-hybridized carbons (Fsp3) is 0.500. The van der Waals surface area contributed by atoms with E-state index in [1.807, 2.05) is 26.0 Å². The van der Waals surface area contributed by atoms with Gasteiger partial charge in [0.1, 0.15) is 5.75 Å². The van der Waals surface area contributed by atoms with Crippen molar-refractivity contribution in [1.82, 2.24) is 15.1 Å². The van der Waals surface area contributed by atoms with Crippen LogP contribution in [-0.4, -0.2) is 65.6 Å². The van der Waals surface area contributed by atoms with Gasteiger partial charge in [-0.05, 0) is 56.6 Å². The van der Waals surface area contributed by atoms with E-state index in [0.717, 1.165) is 55.2 Å². The lowest BCUT2D eigenvalue weighted by atomic mass is 9.99. The summed E-state index contributed by atoms with van der Waals surface area (Å²) in [5.41, 5.74) is 3.50. The first-order valence-corrected chi connectivity index (χ1v) is 9.24. The topological polar surface area (TPSA) is 61.7 Å². The molecule has 1 aromatic carbocycles. The van der Waals surface area contributed by atoms with Crippen LogP contribution in [0, 0.1) is 13.8 Å². The zero-order valence-corrected chi connectivity index (χ0v) is 15.6. The Morgan fingerprint density at radius 1 is 1.15 bits per heavy atom. The van der Waals surface area contributed by atoms with E-state index in [4.69, 9.17) is 4.74 Å². The highest BCUT2D eigenvalue weighted by Crippen LogP contribution is 2.33. The molecule has 2 atom stereocenters. The number of morpholine rings is 1. The SMILES string of the molecule is Cc1cc(C)c(-c2ccc(N3CCO[C@H]4CCN(C)C[C@H]43)nn2)c(O)c1. The predicted molar refractivity (Wildman–Crippen MR) is 102 cm³/mol. The molecule has 0 spiro atoms. The van der Waals surface area contributed by atoms with Gasteiger partial charge in [-0.25, -0.2) is 0 Å². The van der Waals surface area contributed by atoms with Gasteiger partial charge in [0, 0.05) is 25.2 Å². The van der Waals surface area contributed by atoms with E-state index in [0.29, 0.717) is 11.7 Å². The largest absolute Gasteiger partial charge is 0.507 e. The average Bonchev–Trinajstić information content (AvgIpc) is 2.61. The standard InChI is InChI=1S/C20H26N4O2/c1-13-10-14(2)20(17(25)11-13)15-4-5-19(22-21-15)24-8-9-26-18-6-7-23(3)12-16(18)24/h4-5,10-11,16,18,25H,6-9,12H2,1-3H3/t16-,18+/m1/s1. The molecule has 6 heteroatoms. The minimum atomic E-state index is 0.255. The second kappa shape index (κ2) is 6.85.